The zero-order chi connectivity index (χ0) is 14.7. The fourth-order valence-electron chi connectivity index (χ4n) is 2.58. The zero-order valence-electron chi connectivity index (χ0n) is 11.9. The number of ether oxygens (including phenoxy) is 1. The first-order chi connectivity index (χ1) is 9.60. The van der Waals surface area contributed by atoms with Gasteiger partial charge in [-0.25, -0.2) is 9.48 Å². The van der Waals surface area contributed by atoms with Crippen molar-refractivity contribution in [2.45, 2.75) is 44.8 Å². The van der Waals surface area contributed by atoms with Crippen LogP contribution in [0.25, 0.3) is 0 Å². The lowest BCUT2D eigenvalue weighted by atomic mass is 10.2. The number of methoxy groups -OCH3 is 1. The molecule has 7 heteroatoms. The van der Waals surface area contributed by atoms with Gasteiger partial charge >= 0.3 is 5.97 Å². The normalized spacial score (nSPS) is 21.9. The van der Waals surface area contributed by atoms with E-state index in [-0.39, 0.29) is 17.4 Å². The van der Waals surface area contributed by atoms with Crippen molar-refractivity contribution in [3.05, 3.63) is 5.56 Å². The second kappa shape index (κ2) is 6.13. The van der Waals surface area contributed by atoms with E-state index in [9.17, 15) is 9.90 Å². The van der Waals surface area contributed by atoms with Crippen LogP contribution in [0.3, 0.4) is 0 Å². The number of nitrogens with zero attached hydrogens (tertiary/aromatic N) is 2. The molecule has 0 radical (unpaired) electrons. The topological polar surface area (TPSA) is 102 Å². The van der Waals surface area contributed by atoms with E-state index in [1.54, 1.807) is 4.68 Å². The third-order valence-corrected chi connectivity index (χ3v) is 3.64. The number of aliphatic hydroxyl groups excluding tert-OH is 1. The standard InChI is InChI=1S/C13H22N4O3/c1-3-7-15-12-10(13(19)20-2)11(14)17(16-12)8-5-4-6-9(8)18/h8-9,18H,3-7,14H2,1-2H3,(H,15,16). The summed E-state index contributed by atoms with van der Waals surface area (Å²) in [4.78, 5) is 11.9. The highest BCUT2D eigenvalue weighted by Gasteiger charge is 2.32. The van der Waals surface area contributed by atoms with Crippen molar-refractivity contribution < 1.29 is 14.6 Å². The second-order valence-corrected chi connectivity index (χ2v) is 5.04. The Bertz CT molecular complexity index is 486. The summed E-state index contributed by atoms with van der Waals surface area (Å²) in [5, 5.41) is 17.4. The van der Waals surface area contributed by atoms with Gasteiger partial charge in [-0.2, -0.15) is 5.10 Å². The first-order valence-electron chi connectivity index (χ1n) is 6.98. The van der Waals surface area contributed by atoms with Gasteiger partial charge in [-0.3, -0.25) is 0 Å². The number of nitrogens with two attached hydrogens (primary N) is 1. The van der Waals surface area contributed by atoms with Crippen molar-refractivity contribution in [1.29, 1.82) is 0 Å². The summed E-state index contributed by atoms with van der Waals surface area (Å²) in [5.41, 5.74) is 6.29. The van der Waals surface area contributed by atoms with Crippen molar-refractivity contribution >= 4 is 17.6 Å². The number of carbonyl (C=O) groups is 1. The molecular formula is C13H22N4O3. The summed E-state index contributed by atoms with van der Waals surface area (Å²) in [6.07, 6.45) is 2.90. The molecule has 1 aliphatic carbocycles. The smallest absolute Gasteiger partial charge is 0.345 e. The van der Waals surface area contributed by atoms with Crippen LogP contribution in [0.1, 0.15) is 49.0 Å². The minimum atomic E-state index is -0.514. The zero-order valence-corrected chi connectivity index (χ0v) is 11.9. The number of nitrogen functional groups attached to an aromatic ring is 1. The van der Waals surface area contributed by atoms with Crippen molar-refractivity contribution in [1.82, 2.24) is 9.78 Å². The van der Waals surface area contributed by atoms with E-state index in [2.05, 4.69) is 10.4 Å². The fraction of sp³-hybridized carbons (Fsp3) is 0.692. The van der Waals surface area contributed by atoms with E-state index in [0.29, 0.717) is 12.4 Å². The molecule has 4 N–H and O–H groups in total. The molecule has 0 aliphatic heterocycles. The van der Waals surface area contributed by atoms with Crippen LogP contribution >= 0.6 is 0 Å². The highest BCUT2D eigenvalue weighted by molar-refractivity contribution is 5.99. The molecule has 7 nitrogen and oxygen atoms in total. The summed E-state index contributed by atoms with van der Waals surface area (Å²) in [5.74, 6) is 0.163. The number of carbonyl (C=O) groups excluding carboxylic acids is 1. The van der Waals surface area contributed by atoms with E-state index in [1.807, 2.05) is 6.92 Å². The number of aliphatic hydroxyl groups is 1. The number of nitrogens with one attached hydrogen (secondary N) is 1. The molecule has 1 heterocycles. The van der Waals surface area contributed by atoms with Crippen LogP contribution in [-0.4, -0.2) is 40.6 Å². The van der Waals surface area contributed by atoms with Gasteiger partial charge in [0.15, 0.2) is 5.82 Å². The Morgan fingerprint density at radius 1 is 1.60 bits per heavy atom. The molecule has 2 unspecified atom stereocenters. The van der Waals surface area contributed by atoms with E-state index >= 15 is 0 Å². The Morgan fingerprint density at radius 2 is 2.35 bits per heavy atom. The molecule has 20 heavy (non-hydrogen) atoms. The molecule has 0 bridgehead atoms. The van der Waals surface area contributed by atoms with Crippen molar-refractivity contribution in [2.75, 3.05) is 24.7 Å². The Morgan fingerprint density at radius 3 is 2.90 bits per heavy atom. The van der Waals surface area contributed by atoms with Gasteiger partial charge in [-0.1, -0.05) is 6.92 Å². The summed E-state index contributed by atoms with van der Waals surface area (Å²) in [6.45, 7) is 2.71. The van der Waals surface area contributed by atoms with Crippen molar-refractivity contribution in [3.8, 4) is 0 Å². The Hall–Kier alpha value is -1.76. The number of anilines is 2. The molecule has 1 aliphatic rings. The quantitative estimate of drug-likeness (QED) is 0.700. The summed E-state index contributed by atoms with van der Waals surface area (Å²) in [6, 6.07) is -0.171. The molecule has 1 aromatic rings. The fourth-order valence-corrected chi connectivity index (χ4v) is 2.58. The van der Waals surface area contributed by atoms with Crippen LogP contribution in [-0.2, 0) is 4.74 Å². The maximum atomic E-state index is 11.9. The molecule has 112 valence electrons. The number of hydrogen-bond donors (Lipinski definition) is 3. The van der Waals surface area contributed by atoms with Gasteiger partial charge in [-0.05, 0) is 25.7 Å². The molecule has 0 aromatic carbocycles. The minimum Gasteiger partial charge on any atom is -0.465 e. The molecule has 1 saturated carbocycles. The summed E-state index contributed by atoms with van der Waals surface area (Å²) in [7, 11) is 1.31. The van der Waals surface area contributed by atoms with Crippen LogP contribution in [0.15, 0.2) is 0 Å². The molecule has 2 rings (SSSR count). The second-order valence-electron chi connectivity index (χ2n) is 5.04. The van der Waals surface area contributed by atoms with Gasteiger partial charge in [0.05, 0.1) is 19.3 Å². The summed E-state index contributed by atoms with van der Waals surface area (Å²) >= 11 is 0. The van der Waals surface area contributed by atoms with Crippen LogP contribution in [0, 0.1) is 0 Å². The average Bonchev–Trinajstić information content (AvgIpc) is 2.99. The van der Waals surface area contributed by atoms with Gasteiger partial charge < -0.3 is 20.9 Å². The molecule has 0 amide bonds. The minimum absolute atomic E-state index is 0.171. The van der Waals surface area contributed by atoms with Crippen molar-refractivity contribution in [2.24, 2.45) is 0 Å². The van der Waals surface area contributed by atoms with Gasteiger partial charge in [0.25, 0.3) is 0 Å². The molecule has 0 spiro atoms. The van der Waals surface area contributed by atoms with Crippen LogP contribution in [0.5, 0.6) is 0 Å². The predicted molar refractivity (Wildman–Crippen MR) is 75.7 cm³/mol. The molecule has 1 fully saturated rings. The largest absolute Gasteiger partial charge is 0.465 e. The van der Waals surface area contributed by atoms with Gasteiger partial charge in [0.2, 0.25) is 0 Å². The lowest BCUT2D eigenvalue weighted by Crippen LogP contribution is -2.21. The van der Waals surface area contributed by atoms with Gasteiger partial charge in [0.1, 0.15) is 11.4 Å². The molecular weight excluding hydrogens is 260 g/mol. The molecule has 2 atom stereocenters. The van der Waals surface area contributed by atoms with Crippen LogP contribution in [0.2, 0.25) is 0 Å². The Labute approximate surface area is 118 Å². The number of esters is 1. The first kappa shape index (κ1) is 14.6. The predicted octanol–water partition coefficient (Wildman–Crippen LogP) is 1.16. The summed E-state index contributed by atoms with van der Waals surface area (Å²) < 4.78 is 6.32. The highest BCUT2D eigenvalue weighted by Crippen LogP contribution is 2.34. The number of hydrogen-bond acceptors (Lipinski definition) is 6. The third kappa shape index (κ3) is 2.58. The first-order valence-corrected chi connectivity index (χ1v) is 6.98. The maximum Gasteiger partial charge on any atom is 0.345 e. The third-order valence-electron chi connectivity index (χ3n) is 3.64. The SMILES string of the molecule is CCCNc1nn(C2CCCC2O)c(N)c1C(=O)OC. The Kier molecular flexibility index (Phi) is 4.49. The number of aromatic nitrogens is 2. The maximum absolute atomic E-state index is 11.9. The average molecular weight is 282 g/mol. The lowest BCUT2D eigenvalue weighted by Gasteiger charge is -2.16. The van der Waals surface area contributed by atoms with E-state index in [0.717, 1.165) is 25.7 Å². The van der Waals surface area contributed by atoms with Gasteiger partial charge in [-0.15, -0.1) is 0 Å². The molecule has 1 aromatic heterocycles. The molecule has 0 saturated heterocycles. The van der Waals surface area contributed by atoms with E-state index < -0.39 is 12.1 Å². The highest BCUT2D eigenvalue weighted by atomic mass is 16.5. The van der Waals surface area contributed by atoms with Crippen molar-refractivity contribution in [3.63, 3.8) is 0 Å². The Balaban J connectivity index is 2.38. The van der Waals surface area contributed by atoms with Gasteiger partial charge in [0, 0.05) is 6.54 Å². The lowest BCUT2D eigenvalue weighted by molar-refractivity contribution is 0.0602. The monoisotopic (exact) mass is 282 g/mol. The van der Waals surface area contributed by atoms with Crippen LogP contribution in [0.4, 0.5) is 11.6 Å². The number of rotatable bonds is 5. The van der Waals surface area contributed by atoms with Crippen LogP contribution < -0.4 is 11.1 Å². The van der Waals surface area contributed by atoms with E-state index in [1.165, 1.54) is 7.11 Å². The van der Waals surface area contributed by atoms with E-state index in [4.69, 9.17) is 10.5 Å².